The van der Waals surface area contributed by atoms with Crippen LogP contribution in [0.2, 0.25) is 0 Å². The predicted octanol–water partition coefficient (Wildman–Crippen LogP) is 16.2. The summed E-state index contributed by atoms with van der Waals surface area (Å²) < 4.78 is 1.39. The molecular formula is C62H71BN2S. The number of benzene rings is 6. The van der Waals surface area contributed by atoms with Gasteiger partial charge in [-0.05, 0) is 161 Å². The third-order valence-electron chi connectivity index (χ3n) is 15.6. The molecule has 7 aromatic rings. The first-order valence-corrected chi connectivity index (χ1v) is 25.4. The van der Waals surface area contributed by atoms with Crippen molar-refractivity contribution in [3.8, 4) is 11.1 Å². The van der Waals surface area contributed by atoms with Crippen LogP contribution in [-0.4, -0.2) is 6.71 Å². The quantitative estimate of drug-likeness (QED) is 0.163. The minimum Gasteiger partial charge on any atom is -0.311 e. The summed E-state index contributed by atoms with van der Waals surface area (Å²) in [6, 6.07) is 45.8. The monoisotopic (exact) mass is 887 g/mol. The highest BCUT2D eigenvalue weighted by molar-refractivity contribution is 7.26. The van der Waals surface area contributed by atoms with Gasteiger partial charge in [0.05, 0.1) is 10.7 Å². The smallest absolute Gasteiger partial charge is 0.254 e. The van der Waals surface area contributed by atoms with Gasteiger partial charge in [-0.3, -0.25) is 0 Å². The van der Waals surface area contributed by atoms with Crippen LogP contribution in [-0.2, 0) is 32.5 Å². The van der Waals surface area contributed by atoms with Crippen LogP contribution in [0.15, 0.2) is 115 Å². The molecule has 10 rings (SSSR count). The van der Waals surface area contributed by atoms with Crippen molar-refractivity contribution in [3.63, 3.8) is 0 Å². The molecule has 2 aliphatic heterocycles. The molecule has 1 aromatic heterocycles. The van der Waals surface area contributed by atoms with E-state index >= 15 is 0 Å². The molecule has 0 fully saturated rings. The van der Waals surface area contributed by atoms with Crippen LogP contribution in [0.25, 0.3) is 21.2 Å². The number of fused-ring (bicyclic) bond motifs is 7. The van der Waals surface area contributed by atoms with E-state index in [4.69, 9.17) is 0 Å². The van der Waals surface area contributed by atoms with Crippen LogP contribution in [0.4, 0.5) is 33.4 Å². The minimum absolute atomic E-state index is 0.0146. The Balaban J connectivity index is 1.39. The molecule has 0 radical (unpaired) electrons. The molecule has 4 heteroatoms. The number of nitrogens with zero attached hydrogens (tertiary/aromatic N) is 2. The van der Waals surface area contributed by atoms with E-state index in [0.717, 1.165) is 0 Å². The van der Waals surface area contributed by atoms with Crippen molar-refractivity contribution in [1.82, 2.24) is 0 Å². The molecule has 0 atom stereocenters. The van der Waals surface area contributed by atoms with E-state index in [9.17, 15) is 0 Å². The average molecular weight is 887 g/mol. The molecule has 3 heterocycles. The molecule has 338 valence electrons. The van der Waals surface area contributed by atoms with Crippen LogP contribution in [0, 0.1) is 0 Å². The number of thiophene rings is 1. The maximum absolute atomic E-state index is 2.72. The van der Waals surface area contributed by atoms with E-state index in [1.54, 1.807) is 0 Å². The van der Waals surface area contributed by atoms with Gasteiger partial charge in [0.1, 0.15) is 0 Å². The van der Waals surface area contributed by atoms with Gasteiger partial charge >= 0.3 is 0 Å². The molecule has 3 aliphatic rings. The Hall–Kier alpha value is -5.06. The van der Waals surface area contributed by atoms with Crippen molar-refractivity contribution >= 4 is 78.0 Å². The maximum atomic E-state index is 2.72. The summed E-state index contributed by atoms with van der Waals surface area (Å²) in [6.07, 6.45) is 2.38. The Labute approximate surface area is 401 Å². The highest BCUT2D eigenvalue weighted by Crippen LogP contribution is 2.54. The number of hydrogen-bond donors (Lipinski definition) is 0. The van der Waals surface area contributed by atoms with Crippen LogP contribution in [0.5, 0.6) is 0 Å². The van der Waals surface area contributed by atoms with E-state index in [1.165, 1.54) is 117 Å². The molecule has 0 unspecified atom stereocenters. The van der Waals surface area contributed by atoms with E-state index < -0.39 is 0 Å². The molecule has 0 saturated carbocycles. The lowest BCUT2D eigenvalue weighted by Crippen LogP contribution is -2.61. The zero-order valence-electron chi connectivity index (χ0n) is 42.8. The fraction of sp³-hybridized carbons (Fsp3) is 0.387. The number of hydrogen-bond acceptors (Lipinski definition) is 3. The van der Waals surface area contributed by atoms with Gasteiger partial charge in [0, 0.05) is 33.0 Å². The Bertz CT molecular complexity index is 3060. The summed E-state index contributed by atoms with van der Waals surface area (Å²) in [4.78, 5) is 5.33. The van der Waals surface area contributed by atoms with E-state index in [0.29, 0.717) is 0 Å². The van der Waals surface area contributed by atoms with Gasteiger partial charge in [-0.1, -0.05) is 171 Å². The second-order valence-corrected chi connectivity index (χ2v) is 26.5. The van der Waals surface area contributed by atoms with E-state index in [-0.39, 0.29) is 39.2 Å². The Morgan fingerprint density at radius 3 is 1.56 bits per heavy atom. The van der Waals surface area contributed by atoms with Crippen LogP contribution >= 0.6 is 11.3 Å². The third-order valence-corrected chi connectivity index (χ3v) is 16.7. The number of rotatable bonds is 3. The highest BCUT2D eigenvalue weighted by atomic mass is 32.1. The maximum Gasteiger partial charge on any atom is 0.254 e. The lowest BCUT2D eigenvalue weighted by atomic mass is 9.33. The van der Waals surface area contributed by atoms with E-state index in [1.807, 2.05) is 11.3 Å². The van der Waals surface area contributed by atoms with Gasteiger partial charge in [0.2, 0.25) is 0 Å². The summed E-state index contributed by atoms with van der Waals surface area (Å²) in [5, 5.41) is 2.75. The summed E-state index contributed by atoms with van der Waals surface area (Å²) in [5.41, 5.74) is 21.5. The first-order chi connectivity index (χ1) is 30.7. The second kappa shape index (κ2) is 14.7. The van der Waals surface area contributed by atoms with Crippen molar-refractivity contribution in [2.45, 2.75) is 156 Å². The molecule has 6 aromatic carbocycles. The molecule has 0 N–H and O–H groups in total. The Kier molecular flexibility index (Phi) is 9.98. The molecular weight excluding hydrogens is 816 g/mol. The van der Waals surface area contributed by atoms with Gasteiger partial charge in [0.15, 0.2) is 0 Å². The first kappa shape index (κ1) is 44.8. The molecule has 66 heavy (non-hydrogen) atoms. The van der Waals surface area contributed by atoms with Crippen molar-refractivity contribution in [3.05, 3.63) is 149 Å². The summed E-state index contributed by atoms with van der Waals surface area (Å²) in [6.45, 7) is 38.1. The molecule has 1 aliphatic carbocycles. The van der Waals surface area contributed by atoms with Gasteiger partial charge in [0.25, 0.3) is 6.71 Å². The summed E-state index contributed by atoms with van der Waals surface area (Å²) >= 11 is 2.01. The standard InChI is InChI=1S/C62H71BN2S/c1-57(2,3)39-22-26-43(27-23-39)64-50-29-25-41(59(7,8)9)33-48(50)63-54-45-36-46-47(62(15,16)31-30-61(46,13)14)37-53(45)66-56(54)65(52-35-42(60(10,11)12)34-51(64)55(52)63)49-28-24-40(58(4,5)6)32-44(49)38-20-18-17-19-21-38/h17-29,32-37H,30-31H2,1-16H3. The normalized spacial score (nSPS) is 16.5. The van der Waals surface area contributed by atoms with E-state index in [2.05, 4.69) is 236 Å². The van der Waals surface area contributed by atoms with Crippen LogP contribution in [0.1, 0.15) is 157 Å². The Morgan fingerprint density at radius 2 is 0.985 bits per heavy atom. The molecule has 0 amide bonds. The molecule has 0 spiro atoms. The number of anilines is 6. The van der Waals surface area contributed by atoms with Crippen molar-refractivity contribution in [1.29, 1.82) is 0 Å². The zero-order valence-corrected chi connectivity index (χ0v) is 43.6. The third kappa shape index (κ3) is 7.19. The Morgan fingerprint density at radius 1 is 0.470 bits per heavy atom. The molecule has 0 saturated heterocycles. The summed E-state index contributed by atoms with van der Waals surface area (Å²) in [5.74, 6) is 0. The van der Waals surface area contributed by atoms with Gasteiger partial charge in [-0.25, -0.2) is 0 Å². The minimum atomic E-state index is -0.111. The topological polar surface area (TPSA) is 6.48 Å². The lowest BCUT2D eigenvalue weighted by molar-refractivity contribution is 0.332. The van der Waals surface area contributed by atoms with Gasteiger partial charge in [-0.2, -0.15) is 0 Å². The second-order valence-electron chi connectivity index (χ2n) is 25.4. The van der Waals surface area contributed by atoms with Crippen LogP contribution < -0.4 is 26.2 Å². The first-order valence-electron chi connectivity index (χ1n) is 24.6. The molecule has 0 bridgehead atoms. The average Bonchev–Trinajstić information content (AvgIpc) is 3.61. The fourth-order valence-electron chi connectivity index (χ4n) is 11.2. The molecule has 2 nitrogen and oxygen atoms in total. The van der Waals surface area contributed by atoms with Crippen molar-refractivity contribution in [2.24, 2.45) is 0 Å². The van der Waals surface area contributed by atoms with Crippen molar-refractivity contribution < 1.29 is 0 Å². The lowest BCUT2D eigenvalue weighted by Gasteiger charge is -2.45. The highest BCUT2D eigenvalue weighted by Gasteiger charge is 2.48. The zero-order chi connectivity index (χ0) is 47.3. The predicted molar refractivity (Wildman–Crippen MR) is 291 cm³/mol. The van der Waals surface area contributed by atoms with Crippen LogP contribution in [0.3, 0.4) is 0 Å². The van der Waals surface area contributed by atoms with Crippen molar-refractivity contribution in [2.75, 3.05) is 9.80 Å². The summed E-state index contributed by atoms with van der Waals surface area (Å²) in [7, 11) is 0. The largest absolute Gasteiger partial charge is 0.311 e. The van der Waals surface area contributed by atoms with Gasteiger partial charge < -0.3 is 9.80 Å². The SMILES string of the molecule is CC(C)(C)c1ccc(N2c3ccc(C(C)(C)C)cc3B3c4c2cc(C(C)(C)C)cc4N(c2ccc(C(C)(C)C)cc2-c2ccccc2)c2sc4cc5c(cc4c23)C(C)(C)CCC5(C)C)cc1. The fourth-order valence-corrected chi connectivity index (χ4v) is 12.4. The van der Waals surface area contributed by atoms with Gasteiger partial charge in [-0.15, -0.1) is 11.3 Å².